The molecule has 0 aromatic heterocycles. The van der Waals surface area contributed by atoms with Crippen LogP contribution in [0.25, 0.3) is 0 Å². The number of methoxy groups -OCH3 is 1. The molecular weight excluding hydrogens is 630 g/mol. The summed E-state index contributed by atoms with van der Waals surface area (Å²) in [5.41, 5.74) is 3.34. The molecule has 2 amide bonds. The zero-order valence-electron chi connectivity index (χ0n) is 27.0. The lowest BCUT2D eigenvalue weighted by Crippen LogP contribution is -2.48. The lowest BCUT2D eigenvalue weighted by molar-refractivity contribution is -0.118. The number of para-hydroxylation sites is 1. The first kappa shape index (κ1) is 34.6. The molecule has 252 valence electrons. The minimum absolute atomic E-state index is 0.0852. The molecule has 10 nitrogen and oxygen atoms in total. The molecule has 3 N–H and O–H groups in total. The minimum atomic E-state index is -3.27. The van der Waals surface area contributed by atoms with Crippen molar-refractivity contribution in [1.29, 1.82) is 0 Å². The number of amides is 2. The van der Waals surface area contributed by atoms with E-state index in [-0.39, 0.29) is 23.0 Å². The standard InChI is InChI=1S/C37H41N3O7S/c1-45-37(42)40-35(34(27-12-5-3-6-13-27)28-14-7-4-8-15-28)36(41)39-33-16-10-9-11-26(33)17-18-30-23-38-24-31(47-30)25-46-29-19-21-32(22-20-29)48(2,43)44/h3-16,19-22,30-31,34-35,38H,17-18,23-25H2,1-2H3,(H,39,41)(H,40,42)/t30-,31+,35?/m1/s1. The Labute approximate surface area is 281 Å². The summed E-state index contributed by atoms with van der Waals surface area (Å²) in [5, 5.41) is 9.28. The molecule has 0 spiro atoms. The molecule has 3 atom stereocenters. The molecule has 4 aromatic carbocycles. The van der Waals surface area contributed by atoms with Gasteiger partial charge in [0, 0.05) is 31.0 Å². The highest BCUT2D eigenvalue weighted by atomic mass is 32.2. The summed E-state index contributed by atoms with van der Waals surface area (Å²) >= 11 is 0. The second-order valence-corrected chi connectivity index (χ2v) is 13.7. The maximum atomic E-state index is 14.0. The SMILES string of the molecule is COC(=O)NC(C(=O)Nc1ccccc1CC[C@@H]1CNC[C@@H](COc2ccc(S(C)(=O)=O)cc2)O1)C(c1ccccc1)c1ccccc1. The molecule has 1 unspecified atom stereocenters. The molecule has 0 bridgehead atoms. The van der Waals surface area contributed by atoms with Crippen molar-refractivity contribution >= 4 is 27.5 Å². The van der Waals surface area contributed by atoms with Crippen LogP contribution in [0.2, 0.25) is 0 Å². The molecular formula is C37H41N3O7S. The number of aryl methyl sites for hydroxylation is 1. The van der Waals surface area contributed by atoms with Crippen LogP contribution in [0.4, 0.5) is 10.5 Å². The van der Waals surface area contributed by atoms with Crippen molar-refractivity contribution < 1.29 is 32.2 Å². The summed E-state index contributed by atoms with van der Waals surface area (Å²) < 4.78 is 40.6. The molecule has 1 saturated heterocycles. The second-order valence-electron chi connectivity index (χ2n) is 11.7. The number of hydrogen-bond donors (Lipinski definition) is 3. The van der Waals surface area contributed by atoms with Crippen LogP contribution < -0.4 is 20.7 Å². The predicted molar refractivity (Wildman–Crippen MR) is 184 cm³/mol. The first-order valence-electron chi connectivity index (χ1n) is 15.8. The average Bonchev–Trinajstić information content (AvgIpc) is 3.11. The van der Waals surface area contributed by atoms with Crippen molar-refractivity contribution in [2.75, 3.05) is 38.4 Å². The van der Waals surface area contributed by atoms with Gasteiger partial charge in [-0.25, -0.2) is 13.2 Å². The number of carbonyl (C=O) groups is 2. The highest BCUT2D eigenvalue weighted by Gasteiger charge is 2.33. The third kappa shape index (κ3) is 9.43. The smallest absolute Gasteiger partial charge is 0.407 e. The summed E-state index contributed by atoms with van der Waals surface area (Å²) in [6, 6.07) is 32.2. The van der Waals surface area contributed by atoms with E-state index in [1.54, 1.807) is 12.1 Å². The van der Waals surface area contributed by atoms with Crippen molar-refractivity contribution in [1.82, 2.24) is 10.6 Å². The van der Waals surface area contributed by atoms with Crippen LogP contribution >= 0.6 is 0 Å². The largest absolute Gasteiger partial charge is 0.491 e. The Hall–Kier alpha value is -4.71. The fraction of sp³-hybridized carbons (Fsp3) is 0.297. The van der Waals surface area contributed by atoms with Crippen LogP contribution in [-0.2, 0) is 30.5 Å². The number of hydrogen-bond acceptors (Lipinski definition) is 8. The van der Waals surface area contributed by atoms with Gasteiger partial charge in [-0.15, -0.1) is 0 Å². The van der Waals surface area contributed by atoms with Gasteiger partial charge >= 0.3 is 6.09 Å². The zero-order chi connectivity index (χ0) is 33.9. The summed E-state index contributed by atoms with van der Waals surface area (Å²) in [5.74, 6) is -0.278. The van der Waals surface area contributed by atoms with Gasteiger partial charge in [0.2, 0.25) is 5.91 Å². The van der Waals surface area contributed by atoms with Crippen LogP contribution in [0.1, 0.15) is 29.0 Å². The first-order valence-corrected chi connectivity index (χ1v) is 17.7. The lowest BCUT2D eigenvalue weighted by atomic mass is 9.84. The summed E-state index contributed by atoms with van der Waals surface area (Å²) in [6.45, 7) is 1.62. The number of alkyl carbamates (subject to hydrolysis) is 1. The van der Waals surface area contributed by atoms with Gasteiger partial charge in [-0.1, -0.05) is 78.9 Å². The van der Waals surface area contributed by atoms with E-state index in [0.717, 1.165) is 16.7 Å². The van der Waals surface area contributed by atoms with Crippen molar-refractivity contribution in [3.05, 3.63) is 126 Å². The van der Waals surface area contributed by atoms with Gasteiger partial charge in [0.25, 0.3) is 0 Å². The molecule has 4 aromatic rings. The predicted octanol–water partition coefficient (Wildman–Crippen LogP) is 4.95. The molecule has 5 rings (SSSR count). The van der Waals surface area contributed by atoms with Crippen molar-refractivity contribution in [2.45, 2.75) is 41.9 Å². The molecule has 0 radical (unpaired) electrons. The number of ether oxygens (including phenoxy) is 3. The summed E-state index contributed by atoms with van der Waals surface area (Å²) in [4.78, 5) is 26.8. The number of nitrogens with one attached hydrogen (secondary N) is 3. The zero-order valence-corrected chi connectivity index (χ0v) is 27.8. The van der Waals surface area contributed by atoms with E-state index in [1.165, 1.54) is 25.5 Å². The number of sulfone groups is 1. The van der Waals surface area contributed by atoms with Crippen LogP contribution in [-0.4, -0.2) is 71.7 Å². The summed E-state index contributed by atoms with van der Waals surface area (Å²) in [7, 11) is -2.00. The maximum absolute atomic E-state index is 14.0. The van der Waals surface area contributed by atoms with Crippen molar-refractivity contribution in [2.24, 2.45) is 0 Å². The van der Waals surface area contributed by atoms with Gasteiger partial charge in [0.05, 0.1) is 18.1 Å². The monoisotopic (exact) mass is 671 g/mol. The van der Waals surface area contributed by atoms with Gasteiger partial charge in [-0.3, -0.25) is 4.79 Å². The maximum Gasteiger partial charge on any atom is 0.407 e. The lowest BCUT2D eigenvalue weighted by Gasteiger charge is -2.31. The minimum Gasteiger partial charge on any atom is -0.491 e. The van der Waals surface area contributed by atoms with Crippen molar-refractivity contribution in [3.63, 3.8) is 0 Å². The molecule has 11 heteroatoms. The Kier molecular flexibility index (Phi) is 11.8. The van der Waals surface area contributed by atoms with E-state index >= 15 is 0 Å². The molecule has 0 saturated carbocycles. The van der Waals surface area contributed by atoms with E-state index in [9.17, 15) is 18.0 Å². The van der Waals surface area contributed by atoms with Crippen LogP contribution in [0.3, 0.4) is 0 Å². The molecule has 1 heterocycles. The highest BCUT2D eigenvalue weighted by Crippen LogP contribution is 2.30. The van der Waals surface area contributed by atoms with Crippen LogP contribution in [0, 0.1) is 0 Å². The Morgan fingerprint density at radius 2 is 1.46 bits per heavy atom. The molecule has 1 aliphatic rings. The fourth-order valence-electron chi connectivity index (χ4n) is 5.79. The average molecular weight is 672 g/mol. The Morgan fingerprint density at radius 3 is 2.08 bits per heavy atom. The van der Waals surface area contributed by atoms with Gasteiger partial charge < -0.3 is 30.2 Å². The number of rotatable bonds is 13. The summed E-state index contributed by atoms with van der Waals surface area (Å²) in [6.07, 6.45) is 1.53. The molecule has 1 aliphatic heterocycles. The third-order valence-corrected chi connectivity index (χ3v) is 9.35. The molecule has 48 heavy (non-hydrogen) atoms. The van der Waals surface area contributed by atoms with E-state index in [1.807, 2.05) is 84.9 Å². The second kappa shape index (κ2) is 16.4. The Bertz CT molecular complexity index is 1710. The first-order chi connectivity index (χ1) is 23.2. The fourth-order valence-corrected chi connectivity index (χ4v) is 6.42. The molecule has 0 aliphatic carbocycles. The van der Waals surface area contributed by atoms with Gasteiger partial charge in [-0.05, 0) is 59.9 Å². The van der Waals surface area contributed by atoms with Crippen LogP contribution in [0.5, 0.6) is 5.75 Å². The highest BCUT2D eigenvalue weighted by molar-refractivity contribution is 7.90. The third-order valence-electron chi connectivity index (χ3n) is 8.22. The Morgan fingerprint density at radius 1 is 0.854 bits per heavy atom. The number of benzene rings is 4. The van der Waals surface area contributed by atoms with Crippen molar-refractivity contribution in [3.8, 4) is 5.75 Å². The number of carbonyl (C=O) groups excluding carboxylic acids is 2. The van der Waals surface area contributed by atoms with Gasteiger partial charge in [0.15, 0.2) is 9.84 Å². The number of morpholine rings is 1. The normalized spacial score (nSPS) is 16.9. The topological polar surface area (TPSA) is 132 Å². The quantitative estimate of drug-likeness (QED) is 0.182. The molecule has 1 fully saturated rings. The van der Waals surface area contributed by atoms with E-state index in [0.29, 0.717) is 44.0 Å². The Balaban J connectivity index is 1.25. The van der Waals surface area contributed by atoms with E-state index < -0.39 is 27.9 Å². The van der Waals surface area contributed by atoms with Gasteiger partial charge in [-0.2, -0.15) is 0 Å². The van der Waals surface area contributed by atoms with E-state index in [2.05, 4.69) is 16.0 Å². The van der Waals surface area contributed by atoms with E-state index in [4.69, 9.17) is 14.2 Å². The van der Waals surface area contributed by atoms with Gasteiger partial charge in [0.1, 0.15) is 24.5 Å². The van der Waals surface area contributed by atoms with Crippen LogP contribution in [0.15, 0.2) is 114 Å². The number of anilines is 1.